The van der Waals surface area contributed by atoms with Gasteiger partial charge >= 0.3 is 0 Å². The Bertz CT molecular complexity index is 141. The van der Waals surface area contributed by atoms with Crippen LogP contribution in [0.4, 0.5) is 0 Å². The molecule has 3 heteroatoms. The molecule has 0 aliphatic heterocycles. The highest BCUT2D eigenvalue weighted by Crippen LogP contribution is 2.32. The van der Waals surface area contributed by atoms with E-state index < -0.39 is 0 Å². The lowest BCUT2D eigenvalue weighted by atomic mass is 10.1. The van der Waals surface area contributed by atoms with Crippen LogP contribution in [0.2, 0.25) is 0 Å². The van der Waals surface area contributed by atoms with E-state index in [2.05, 4.69) is 6.92 Å². The van der Waals surface area contributed by atoms with Crippen molar-refractivity contribution in [3.8, 4) is 0 Å². The minimum atomic E-state index is -0.176. The first kappa shape index (κ1) is 11.0. The minimum Gasteiger partial charge on any atom is -0.356 e. The number of hydrogen-bond donors (Lipinski definition) is 0. The van der Waals surface area contributed by atoms with Crippen molar-refractivity contribution in [3.05, 3.63) is 0 Å². The first-order valence-corrected chi connectivity index (χ1v) is 4.95. The molecule has 13 heavy (non-hydrogen) atoms. The lowest BCUT2D eigenvalue weighted by Gasteiger charge is -2.24. The molecule has 0 amide bonds. The van der Waals surface area contributed by atoms with Gasteiger partial charge in [-0.3, -0.25) is 0 Å². The maximum atomic E-state index is 5.66. The molecule has 1 unspecified atom stereocenters. The summed E-state index contributed by atoms with van der Waals surface area (Å²) in [6.07, 6.45) is 4.67. The van der Waals surface area contributed by atoms with Crippen LogP contribution in [-0.2, 0) is 14.2 Å². The van der Waals surface area contributed by atoms with Gasteiger partial charge < -0.3 is 14.2 Å². The molecule has 0 saturated heterocycles. The maximum absolute atomic E-state index is 5.66. The number of hydrogen-bond acceptors (Lipinski definition) is 3. The van der Waals surface area contributed by atoms with Crippen molar-refractivity contribution in [2.75, 3.05) is 13.9 Å². The van der Waals surface area contributed by atoms with Crippen LogP contribution in [0, 0.1) is 0 Å². The largest absolute Gasteiger partial charge is 0.356 e. The van der Waals surface area contributed by atoms with E-state index in [9.17, 15) is 0 Å². The minimum absolute atomic E-state index is 0.0491. The Morgan fingerprint density at radius 1 is 1.31 bits per heavy atom. The molecule has 1 atom stereocenters. The van der Waals surface area contributed by atoms with Gasteiger partial charge in [0.1, 0.15) is 0 Å². The lowest BCUT2D eigenvalue weighted by Crippen LogP contribution is -2.27. The molecule has 78 valence electrons. The molecule has 1 rings (SSSR count). The van der Waals surface area contributed by atoms with Gasteiger partial charge in [0.05, 0.1) is 5.60 Å². The number of methoxy groups -OCH3 is 1. The molecule has 1 aliphatic carbocycles. The van der Waals surface area contributed by atoms with Crippen LogP contribution in [0.3, 0.4) is 0 Å². The van der Waals surface area contributed by atoms with E-state index in [1.54, 1.807) is 7.11 Å². The van der Waals surface area contributed by atoms with Crippen LogP contribution in [0.15, 0.2) is 0 Å². The topological polar surface area (TPSA) is 27.7 Å². The summed E-state index contributed by atoms with van der Waals surface area (Å²) in [5.74, 6) is 0. The Morgan fingerprint density at radius 2 is 1.92 bits per heavy atom. The van der Waals surface area contributed by atoms with Crippen molar-refractivity contribution in [3.63, 3.8) is 0 Å². The van der Waals surface area contributed by atoms with E-state index in [0.717, 1.165) is 12.8 Å². The van der Waals surface area contributed by atoms with Gasteiger partial charge in [0.2, 0.25) is 0 Å². The smallest absolute Gasteiger partial charge is 0.157 e. The van der Waals surface area contributed by atoms with Crippen LogP contribution in [0.1, 0.15) is 39.5 Å². The van der Waals surface area contributed by atoms with E-state index in [1.807, 2.05) is 6.92 Å². The molecule has 0 N–H and O–H groups in total. The summed E-state index contributed by atoms with van der Waals surface area (Å²) in [5.41, 5.74) is 0.0491. The molecule has 1 fully saturated rings. The standard InChI is InChI=1S/C10H20O3/c1-9(11-3)12-8-13-10(2)6-4-5-7-10/h9H,4-8H2,1-3H3. The van der Waals surface area contributed by atoms with Crippen molar-refractivity contribution in [1.82, 2.24) is 0 Å². The number of ether oxygens (including phenoxy) is 3. The highest BCUT2D eigenvalue weighted by molar-refractivity contribution is 4.80. The summed E-state index contributed by atoms with van der Waals surface area (Å²) in [6, 6.07) is 0. The van der Waals surface area contributed by atoms with Crippen LogP contribution >= 0.6 is 0 Å². The predicted octanol–water partition coefficient (Wildman–Crippen LogP) is 2.30. The molecule has 1 saturated carbocycles. The van der Waals surface area contributed by atoms with Crippen LogP contribution in [0.5, 0.6) is 0 Å². The third-order valence-corrected chi connectivity index (χ3v) is 2.70. The van der Waals surface area contributed by atoms with Gasteiger partial charge in [0.25, 0.3) is 0 Å². The van der Waals surface area contributed by atoms with Gasteiger partial charge in [0.15, 0.2) is 13.1 Å². The average molecular weight is 188 g/mol. The second-order valence-electron chi connectivity index (χ2n) is 3.89. The highest BCUT2D eigenvalue weighted by atomic mass is 16.7. The van der Waals surface area contributed by atoms with Crippen LogP contribution in [-0.4, -0.2) is 25.8 Å². The van der Waals surface area contributed by atoms with E-state index in [4.69, 9.17) is 14.2 Å². The van der Waals surface area contributed by atoms with Crippen molar-refractivity contribution in [2.24, 2.45) is 0 Å². The third-order valence-electron chi connectivity index (χ3n) is 2.70. The first-order valence-electron chi connectivity index (χ1n) is 4.95. The predicted molar refractivity (Wildman–Crippen MR) is 50.4 cm³/mol. The molecule has 0 radical (unpaired) electrons. The quantitative estimate of drug-likeness (QED) is 0.620. The van der Waals surface area contributed by atoms with Gasteiger partial charge in [0, 0.05) is 7.11 Å². The van der Waals surface area contributed by atoms with Crippen molar-refractivity contribution >= 4 is 0 Å². The lowest BCUT2D eigenvalue weighted by molar-refractivity contribution is -0.206. The number of rotatable bonds is 5. The summed E-state index contributed by atoms with van der Waals surface area (Å²) in [7, 11) is 1.63. The second kappa shape index (κ2) is 4.94. The van der Waals surface area contributed by atoms with Crippen molar-refractivity contribution < 1.29 is 14.2 Å². The fourth-order valence-corrected chi connectivity index (χ4v) is 1.61. The Morgan fingerprint density at radius 3 is 2.46 bits per heavy atom. The Labute approximate surface area is 80.4 Å². The van der Waals surface area contributed by atoms with E-state index >= 15 is 0 Å². The van der Waals surface area contributed by atoms with Gasteiger partial charge in [-0.1, -0.05) is 12.8 Å². The Balaban J connectivity index is 2.11. The fourth-order valence-electron chi connectivity index (χ4n) is 1.61. The summed E-state index contributed by atoms with van der Waals surface area (Å²) in [6.45, 7) is 4.35. The zero-order valence-electron chi connectivity index (χ0n) is 8.84. The summed E-state index contributed by atoms with van der Waals surface area (Å²) >= 11 is 0. The summed E-state index contributed by atoms with van der Waals surface area (Å²) in [5, 5.41) is 0. The molecule has 0 aromatic heterocycles. The average Bonchev–Trinajstić information content (AvgIpc) is 2.52. The zero-order valence-corrected chi connectivity index (χ0v) is 8.84. The van der Waals surface area contributed by atoms with E-state index in [-0.39, 0.29) is 11.9 Å². The van der Waals surface area contributed by atoms with Crippen LogP contribution in [0.25, 0.3) is 0 Å². The van der Waals surface area contributed by atoms with Crippen molar-refractivity contribution in [1.29, 1.82) is 0 Å². The Hall–Kier alpha value is -0.120. The molecular weight excluding hydrogens is 168 g/mol. The van der Waals surface area contributed by atoms with Gasteiger partial charge in [-0.2, -0.15) is 0 Å². The summed E-state index contributed by atoms with van der Waals surface area (Å²) in [4.78, 5) is 0. The molecule has 0 heterocycles. The van der Waals surface area contributed by atoms with E-state index in [1.165, 1.54) is 12.8 Å². The second-order valence-corrected chi connectivity index (χ2v) is 3.89. The zero-order chi connectivity index (χ0) is 9.73. The highest BCUT2D eigenvalue weighted by Gasteiger charge is 2.29. The monoisotopic (exact) mass is 188 g/mol. The van der Waals surface area contributed by atoms with Gasteiger partial charge in [-0.05, 0) is 26.7 Å². The van der Waals surface area contributed by atoms with Gasteiger partial charge in [-0.25, -0.2) is 0 Å². The van der Waals surface area contributed by atoms with Gasteiger partial charge in [-0.15, -0.1) is 0 Å². The Kier molecular flexibility index (Phi) is 4.16. The van der Waals surface area contributed by atoms with Crippen molar-refractivity contribution in [2.45, 2.75) is 51.4 Å². The molecule has 0 spiro atoms. The molecule has 0 bridgehead atoms. The molecule has 0 aromatic rings. The summed E-state index contributed by atoms with van der Waals surface area (Å²) < 4.78 is 15.9. The molecule has 3 nitrogen and oxygen atoms in total. The van der Waals surface area contributed by atoms with E-state index in [0.29, 0.717) is 6.79 Å². The normalized spacial score (nSPS) is 23.3. The third kappa shape index (κ3) is 3.63. The molecule has 1 aliphatic rings. The fraction of sp³-hybridized carbons (Fsp3) is 1.00. The molecular formula is C10H20O3. The van der Waals surface area contributed by atoms with Crippen LogP contribution < -0.4 is 0 Å². The maximum Gasteiger partial charge on any atom is 0.157 e. The first-order chi connectivity index (χ1) is 6.16. The molecule has 0 aromatic carbocycles. The SMILES string of the molecule is COC(C)OCOC1(C)CCCC1.